The summed E-state index contributed by atoms with van der Waals surface area (Å²) in [7, 11) is 0. The van der Waals surface area contributed by atoms with Crippen molar-refractivity contribution in [2.75, 3.05) is 18.5 Å². The fourth-order valence-electron chi connectivity index (χ4n) is 3.43. The molecule has 29 heavy (non-hydrogen) atoms. The van der Waals surface area contributed by atoms with E-state index in [1.165, 1.54) is 5.56 Å². The van der Waals surface area contributed by atoms with Gasteiger partial charge in [-0.25, -0.2) is 4.79 Å². The number of aryl methyl sites for hydroxylation is 2. The molecule has 1 heterocycles. The van der Waals surface area contributed by atoms with Crippen molar-refractivity contribution < 1.29 is 14.3 Å². The molecule has 0 aliphatic heterocycles. The van der Waals surface area contributed by atoms with Gasteiger partial charge in [0.1, 0.15) is 0 Å². The predicted octanol–water partition coefficient (Wildman–Crippen LogP) is 4.87. The number of hydrogen-bond acceptors (Lipinski definition) is 4. The molecule has 3 rings (SSSR count). The summed E-state index contributed by atoms with van der Waals surface area (Å²) in [4.78, 5) is 25.0. The first kappa shape index (κ1) is 20.4. The van der Waals surface area contributed by atoms with E-state index in [4.69, 9.17) is 4.74 Å². The summed E-state index contributed by atoms with van der Waals surface area (Å²) in [6, 6.07) is 17.2. The number of rotatable bonds is 7. The second-order valence-corrected chi connectivity index (χ2v) is 7.00. The van der Waals surface area contributed by atoms with Gasteiger partial charge in [0.05, 0.1) is 18.7 Å². The monoisotopic (exact) mass is 390 g/mol. The normalized spacial score (nSPS) is 10.6. The van der Waals surface area contributed by atoms with Crippen molar-refractivity contribution in [3.05, 3.63) is 82.7 Å². The summed E-state index contributed by atoms with van der Waals surface area (Å²) in [6.07, 6.45) is 0. The molecule has 0 aliphatic rings. The second-order valence-electron chi connectivity index (χ2n) is 7.00. The molecule has 2 aromatic carbocycles. The third-order valence-electron chi connectivity index (χ3n) is 4.89. The fraction of sp³-hybridized carbons (Fsp3) is 0.250. The van der Waals surface area contributed by atoms with E-state index in [-0.39, 0.29) is 12.3 Å². The van der Waals surface area contributed by atoms with Crippen LogP contribution in [0.15, 0.2) is 54.6 Å². The molecule has 5 nitrogen and oxygen atoms in total. The minimum atomic E-state index is -0.402. The smallest absolute Gasteiger partial charge is 0.340 e. The van der Waals surface area contributed by atoms with Gasteiger partial charge in [-0.05, 0) is 58.0 Å². The number of para-hydroxylation sites is 1. The minimum absolute atomic E-state index is 0.0323. The number of aromatic nitrogens is 1. The van der Waals surface area contributed by atoms with Gasteiger partial charge in [-0.2, -0.15) is 0 Å². The average Bonchev–Trinajstić information content (AvgIpc) is 3.01. The first-order valence-corrected chi connectivity index (χ1v) is 9.71. The molecule has 1 N–H and O–H groups in total. The van der Waals surface area contributed by atoms with Crippen LogP contribution in [0, 0.1) is 20.8 Å². The molecule has 3 aromatic rings. The van der Waals surface area contributed by atoms with E-state index in [9.17, 15) is 9.59 Å². The molecule has 0 fully saturated rings. The number of esters is 1. The third kappa shape index (κ3) is 4.40. The van der Waals surface area contributed by atoms with E-state index in [2.05, 4.69) is 34.1 Å². The van der Waals surface area contributed by atoms with Crippen LogP contribution in [0.5, 0.6) is 0 Å². The summed E-state index contributed by atoms with van der Waals surface area (Å²) in [5.74, 6) is -0.435. The van der Waals surface area contributed by atoms with Gasteiger partial charge in [-0.15, -0.1) is 0 Å². The molecule has 0 radical (unpaired) electrons. The van der Waals surface area contributed by atoms with Crippen LogP contribution in [0.1, 0.15) is 44.6 Å². The Morgan fingerprint density at radius 1 is 0.966 bits per heavy atom. The van der Waals surface area contributed by atoms with E-state index >= 15 is 0 Å². The predicted molar refractivity (Wildman–Crippen MR) is 115 cm³/mol. The van der Waals surface area contributed by atoms with Gasteiger partial charge in [-0.3, -0.25) is 4.79 Å². The highest BCUT2D eigenvalue weighted by Gasteiger charge is 2.18. The zero-order chi connectivity index (χ0) is 21.0. The van der Waals surface area contributed by atoms with Crippen molar-refractivity contribution >= 4 is 17.4 Å². The van der Waals surface area contributed by atoms with Crippen LogP contribution in [-0.4, -0.2) is 29.5 Å². The molecule has 0 amide bonds. The Morgan fingerprint density at radius 2 is 1.66 bits per heavy atom. The first-order chi connectivity index (χ1) is 13.9. The highest BCUT2D eigenvalue weighted by atomic mass is 16.5. The Labute approximate surface area is 171 Å². The molecular weight excluding hydrogens is 364 g/mol. The molecule has 5 heteroatoms. The van der Waals surface area contributed by atoms with Crippen LogP contribution in [0.2, 0.25) is 0 Å². The minimum Gasteiger partial charge on any atom is -0.462 e. The molecule has 0 atom stereocenters. The largest absolute Gasteiger partial charge is 0.462 e. The summed E-state index contributed by atoms with van der Waals surface area (Å²) in [5, 5.41) is 3.09. The Kier molecular flexibility index (Phi) is 6.17. The second kappa shape index (κ2) is 8.78. The number of carbonyl (C=O) groups is 2. The first-order valence-electron chi connectivity index (χ1n) is 9.71. The summed E-state index contributed by atoms with van der Waals surface area (Å²) in [5.41, 5.74) is 5.81. The van der Waals surface area contributed by atoms with Gasteiger partial charge in [0.25, 0.3) is 0 Å². The van der Waals surface area contributed by atoms with E-state index < -0.39 is 5.97 Å². The number of benzene rings is 2. The van der Waals surface area contributed by atoms with Gasteiger partial charge >= 0.3 is 5.97 Å². The number of Topliss-reactive ketones (excluding diaryl/α,β-unsaturated/α-hetero) is 1. The van der Waals surface area contributed by atoms with Crippen LogP contribution >= 0.6 is 0 Å². The van der Waals surface area contributed by atoms with Crippen molar-refractivity contribution in [2.24, 2.45) is 0 Å². The number of hydrogen-bond donors (Lipinski definition) is 1. The van der Waals surface area contributed by atoms with Crippen LogP contribution in [-0.2, 0) is 4.74 Å². The number of nitrogens with one attached hydrogen (secondary N) is 1. The summed E-state index contributed by atoms with van der Waals surface area (Å²) < 4.78 is 7.17. The summed E-state index contributed by atoms with van der Waals surface area (Å²) >= 11 is 0. The van der Waals surface area contributed by atoms with Crippen LogP contribution < -0.4 is 5.32 Å². The standard InChI is InChI=1S/C24H26N2O3/c1-5-29-24(28)20-8-6-7-9-22(20)25-15-23(27)21-14-17(3)26(18(21)4)19-12-10-16(2)11-13-19/h6-14,25H,5,15H2,1-4H3. The highest BCUT2D eigenvalue weighted by Crippen LogP contribution is 2.22. The van der Waals surface area contributed by atoms with Gasteiger partial charge in [0.2, 0.25) is 0 Å². The Balaban J connectivity index is 1.80. The van der Waals surface area contributed by atoms with Gasteiger partial charge in [0, 0.05) is 28.3 Å². The molecule has 150 valence electrons. The van der Waals surface area contributed by atoms with Crippen molar-refractivity contribution in [3.8, 4) is 5.69 Å². The lowest BCUT2D eigenvalue weighted by atomic mass is 10.1. The number of nitrogens with zero attached hydrogens (tertiary/aromatic N) is 1. The maximum atomic E-state index is 12.9. The molecule has 0 aliphatic carbocycles. The van der Waals surface area contributed by atoms with Crippen molar-refractivity contribution in [2.45, 2.75) is 27.7 Å². The number of ketones is 1. The SMILES string of the molecule is CCOC(=O)c1ccccc1NCC(=O)c1cc(C)n(-c2ccc(C)cc2)c1C. The molecule has 1 aromatic heterocycles. The lowest BCUT2D eigenvalue weighted by Crippen LogP contribution is -2.17. The highest BCUT2D eigenvalue weighted by molar-refractivity contribution is 6.02. The average molecular weight is 390 g/mol. The number of ether oxygens (including phenoxy) is 1. The van der Waals surface area contributed by atoms with Gasteiger partial charge in [-0.1, -0.05) is 29.8 Å². The van der Waals surface area contributed by atoms with E-state index in [0.29, 0.717) is 23.4 Å². The molecule has 0 bridgehead atoms. The zero-order valence-electron chi connectivity index (χ0n) is 17.3. The molecule has 0 spiro atoms. The van der Waals surface area contributed by atoms with Crippen molar-refractivity contribution in [3.63, 3.8) is 0 Å². The van der Waals surface area contributed by atoms with Crippen LogP contribution in [0.4, 0.5) is 5.69 Å². The Bertz CT molecular complexity index is 1030. The lowest BCUT2D eigenvalue weighted by molar-refractivity contribution is 0.0527. The van der Waals surface area contributed by atoms with Crippen molar-refractivity contribution in [1.29, 1.82) is 0 Å². The van der Waals surface area contributed by atoms with Crippen molar-refractivity contribution in [1.82, 2.24) is 4.57 Å². The third-order valence-corrected chi connectivity index (χ3v) is 4.89. The number of anilines is 1. The molecular formula is C24H26N2O3. The quantitative estimate of drug-likeness (QED) is 0.462. The van der Waals surface area contributed by atoms with Gasteiger partial charge < -0.3 is 14.6 Å². The van der Waals surface area contributed by atoms with Crippen LogP contribution in [0.25, 0.3) is 5.69 Å². The summed E-state index contributed by atoms with van der Waals surface area (Å²) in [6.45, 7) is 8.15. The number of carbonyl (C=O) groups excluding carboxylic acids is 2. The zero-order valence-corrected chi connectivity index (χ0v) is 17.3. The fourth-order valence-corrected chi connectivity index (χ4v) is 3.43. The maximum absolute atomic E-state index is 12.9. The van der Waals surface area contributed by atoms with Gasteiger partial charge in [0.15, 0.2) is 5.78 Å². The maximum Gasteiger partial charge on any atom is 0.340 e. The van der Waals surface area contributed by atoms with E-state index in [0.717, 1.165) is 17.1 Å². The molecule has 0 saturated carbocycles. The van der Waals surface area contributed by atoms with Crippen LogP contribution in [0.3, 0.4) is 0 Å². The van der Waals surface area contributed by atoms with E-state index in [1.54, 1.807) is 25.1 Å². The Morgan fingerprint density at radius 3 is 2.34 bits per heavy atom. The topological polar surface area (TPSA) is 60.3 Å². The Hall–Kier alpha value is -3.34. The van der Waals surface area contributed by atoms with E-state index in [1.807, 2.05) is 32.9 Å². The molecule has 0 saturated heterocycles. The molecule has 0 unspecified atom stereocenters. The lowest BCUT2D eigenvalue weighted by Gasteiger charge is -2.12.